The Bertz CT molecular complexity index is 568. The van der Waals surface area contributed by atoms with Crippen LogP contribution in [0.1, 0.15) is 17.2 Å². The van der Waals surface area contributed by atoms with Gasteiger partial charge in [0.1, 0.15) is 5.75 Å². The SMILES string of the molecule is COc1ccc(C(O)/C=C\C=C\c2ccccc2)cc1. The first-order chi connectivity index (χ1) is 9.79. The lowest BCUT2D eigenvalue weighted by atomic mass is 10.1. The van der Waals surface area contributed by atoms with Crippen molar-refractivity contribution in [1.82, 2.24) is 0 Å². The van der Waals surface area contributed by atoms with Gasteiger partial charge in [-0.15, -0.1) is 0 Å². The predicted octanol–water partition coefficient (Wildman–Crippen LogP) is 4.00. The van der Waals surface area contributed by atoms with Crippen molar-refractivity contribution in [3.63, 3.8) is 0 Å². The number of ether oxygens (including phenoxy) is 1. The average molecular weight is 266 g/mol. The van der Waals surface area contributed by atoms with Crippen molar-refractivity contribution in [2.75, 3.05) is 7.11 Å². The number of allylic oxidation sites excluding steroid dienone is 2. The first kappa shape index (κ1) is 14.1. The van der Waals surface area contributed by atoms with Crippen LogP contribution < -0.4 is 4.74 Å². The van der Waals surface area contributed by atoms with Gasteiger partial charge >= 0.3 is 0 Å². The van der Waals surface area contributed by atoms with E-state index in [2.05, 4.69) is 0 Å². The van der Waals surface area contributed by atoms with Crippen LogP contribution in [0.25, 0.3) is 6.08 Å². The zero-order valence-corrected chi connectivity index (χ0v) is 11.4. The van der Waals surface area contributed by atoms with Gasteiger partial charge < -0.3 is 9.84 Å². The minimum atomic E-state index is -0.610. The molecule has 2 rings (SSSR count). The molecule has 0 fully saturated rings. The first-order valence-corrected chi connectivity index (χ1v) is 6.51. The van der Waals surface area contributed by atoms with E-state index in [0.29, 0.717) is 0 Å². The van der Waals surface area contributed by atoms with E-state index in [4.69, 9.17) is 4.74 Å². The number of methoxy groups -OCH3 is 1. The van der Waals surface area contributed by atoms with Crippen LogP contribution in [0.2, 0.25) is 0 Å². The van der Waals surface area contributed by atoms with Crippen LogP contribution in [-0.2, 0) is 0 Å². The first-order valence-electron chi connectivity index (χ1n) is 6.51. The number of rotatable bonds is 5. The molecule has 0 aliphatic heterocycles. The number of hydrogen-bond donors (Lipinski definition) is 1. The smallest absolute Gasteiger partial charge is 0.118 e. The lowest BCUT2D eigenvalue weighted by Gasteiger charge is -2.06. The summed E-state index contributed by atoms with van der Waals surface area (Å²) in [5.41, 5.74) is 1.98. The molecule has 0 aliphatic carbocycles. The number of aliphatic hydroxyl groups is 1. The van der Waals surface area contributed by atoms with Crippen LogP contribution in [0.15, 0.2) is 72.8 Å². The van der Waals surface area contributed by atoms with Crippen LogP contribution in [0.3, 0.4) is 0 Å². The van der Waals surface area contributed by atoms with Gasteiger partial charge in [-0.1, -0.05) is 66.8 Å². The summed E-state index contributed by atoms with van der Waals surface area (Å²) in [5, 5.41) is 10.0. The largest absolute Gasteiger partial charge is 0.497 e. The molecular weight excluding hydrogens is 248 g/mol. The Kier molecular flexibility index (Phi) is 5.15. The molecule has 2 nitrogen and oxygen atoms in total. The van der Waals surface area contributed by atoms with Crippen molar-refractivity contribution in [2.24, 2.45) is 0 Å². The highest BCUT2D eigenvalue weighted by atomic mass is 16.5. The van der Waals surface area contributed by atoms with Crippen molar-refractivity contribution >= 4 is 6.08 Å². The Labute approximate surface area is 119 Å². The molecule has 2 aromatic rings. The predicted molar refractivity (Wildman–Crippen MR) is 82.6 cm³/mol. The van der Waals surface area contributed by atoms with Crippen LogP contribution in [0, 0.1) is 0 Å². The molecule has 0 saturated carbocycles. The molecule has 102 valence electrons. The zero-order chi connectivity index (χ0) is 14.2. The second-order valence-electron chi connectivity index (χ2n) is 4.37. The molecule has 0 aliphatic rings. The molecule has 0 spiro atoms. The summed E-state index contributed by atoms with van der Waals surface area (Å²) in [6, 6.07) is 17.4. The molecule has 2 aromatic carbocycles. The Morgan fingerprint density at radius 3 is 2.30 bits per heavy atom. The van der Waals surface area contributed by atoms with Gasteiger partial charge in [0.2, 0.25) is 0 Å². The van der Waals surface area contributed by atoms with E-state index in [1.165, 1.54) is 0 Å². The lowest BCUT2D eigenvalue weighted by Crippen LogP contribution is -1.92. The summed E-state index contributed by atoms with van der Waals surface area (Å²) in [6.07, 6.45) is 6.91. The Morgan fingerprint density at radius 2 is 1.65 bits per heavy atom. The summed E-state index contributed by atoms with van der Waals surface area (Å²) >= 11 is 0. The van der Waals surface area contributed by atoms with Crippen LogP contribution in [0.5, 0.6) is 5.75 Å². The maximum Gasteiger partial charge on any atom is 0.118 e. The minimum Gasteiger partial charge on any atom is -0.497 e. The monoisotopic (exact) mass is 266 g/mol. The van der Waals surface area contributed by atoms with Crippen molar-refractivity contribution in [3.8, 4) is 5.75 Å². The molecule has 1 atom stereocenters. The standard InChI is InChI=1S/C18H18O2/c1-20-17-13-11-16(12-14-17)18(19)10-6-5-9-15-7-3-2-4-8-15/h2-14,18-19H,1H3/b9-5+,10-6-. The Balaban J connectivity index is 1.94. The molecule has 1 N–H and O–H groups in total. The average Bonchev–Trinajstić information content (AvgIpc) is 2.52. The van der Waals surface area contributed by atoms with E-state index >= 15 is 0 Å². The Hall–Kier alpha value is -2.32. The van der Waals surface area contributed by atoms with E-state index in [9.17, 15) is 5.11 Å². The number of benzene rings is 2. The molecular formula is C18H18O2. The fourth-order valence-corrected chi connectivity index (χ4v) is 1.81. The second-order valence-corrected chi connectivity index (χ2v) is 4.37. The van der Waals surface area contributed by atoms with E-state index in [0.717, 1.165) is 16.9 Å². The fraction of sp³-hybridized carbons (Fsp3) is 0.111. The normalized spacial score (nSPS) is 12.9. The fourth-order valence-electron chi connectivity index (χ4n) is 1.81. The third kappa shape index (κ3) is 4.11. The van der Waals surface area contributed by atoms with Crippen molar-refractivity contribution in [2.45, 2.75) is 6.10 Å². The highest BCUT2D eigenvalue weighted by Gasteiger charge is 2.02. The van der Waals surface area contributed by atoms with Gasteiger partial charge in [0, 0.05) is 0 Å². The van der Waals surface area contributed by atoms with E-state index in [1.54, 1.807) is 13.2 Å². The maximum absolute atomic E-state index is 10.0. The van der Waals surface area contributed by atoms with Crippen LogP contribution in [-0.4, -0.2) is 12.2 Å². The zero-order valence-electron chi connectivity index (χ0n) is 11.4. The van der Waals surface area contributed by atoms with Gasteiger partial charge in [0.15, 0.2) is 0 Å². The topological polar surface area (TPSA) is 29.5 Å². The highest BCUT2D eigenvalue weighted by Crippen LogP contribution is 2.18. The van der Waals surface area contributed by atoms with Gasteiger partial charge in [-0.3, -0.25) is 0 Å². The van der Waals surface area contributed by atoms with Gasteiger partial charge in [-0.25, -0.2) is 0 Å². The van der Waals surface area contributed by atoms with Crippen LogP contribution in [0.4, 0.5) is 0 Å². The highest BCUT2D eigenvalue weighted by molar-refractivity contribution is 5.50. The minimum absolute atomic E-state index is 0.610. The van der Waals surface area contributed by atoms with Gasteiger partial charge in [-0.05, 0) is 23.3 Å². The quantitative estimate of drug-likeness (QED) is 0.829. The van der Waals surface area contributed by atoms with E-state index in [-0.39, 0.29) is 0 Å². The third-order valence-corrected chi connectivity index (χ3v) is 2.95. The van der Waals surface area contributed by atoms with Crippen molar-refractivity contribution < 1.29 is 9.84 Å². The molecule has 0 radical (unpaired) electrons. The van der Waals surface area contributed by atoms with Gasteiger partial charge in [0.05, 0.1) is 13.2 Å². The van der Waals surface area contributed by atoms with E-state index < -0.39 is 6.10 Å². The molecule has 0 heterocycles. The molecule has 0 amide bonds. The summed E-state index contributed by atoms with van der Waals surface area (Å²) in [6.45, 7) is 0. The lowest BCUT2D eigenvalue weighted by molar-refractivity contribution is 0.228. The molecule has 0 saturated heterocycles. The Morgan fingerprint density at radius 1 is 0.950 bits per heavy atom. The number of hydrogen-bond acceptors (Lipinski definition) is 2. The van der Waals surface area contributed by atoms with Crippen molar-refractivity contribution in [3.05, 3.63) is 84.0 Å². The second kappa shape index (κ2) is 7.31. The molecule has 0 bridgehead atoms. The molecule has 2 heteroatoms. The molecule has 0 aromatic heterocycles. The summed E-state index contributed by atoms with van der Waals surface area (Å²) in [4.78, 5) is 0. The molecule has 1 unspecified atom stereocenters. The summed E-state index contributed by atoms with van der Waals surface area (Å²) in [7, 11) is 1.62. The van der Waals surface area contributed by atoms with E-state index in [1.807, 2.05) is 72.8 Å². The van der Waals surface area contributed by atoms with Gasteiger partial charge in [0.25, 0.3) is 0 Å². The maximum atomic E-state index is 10.0. The van der Waals surface area contributed by atoms with Crippen LogP contribution >= 0.6 is 0 Å². The summed E-state index contributed by atoms with van der Waals surface area (Å²) < 4.78 is 5.09. The summed E-state index contributed by atoms with van der Waals surface area (Å²) in [5.74, 6) is 0.786. The van der Waals surface area contributed by atoms with Crippen molar-refractivity contribution in [1.29, 1.82) is 0 Å². The van der Waals surface area contributed by atoms with Gasteiger partial charge in [-0.2, -0.15) is 0 Å². The molecule has 20 heavy (non-hydrogen) atoms. The number of aliphatic hydroxyl groups excluding tert-OH is 1. The third-order valence-electron chi connectivity index (χ3n) is 2.95.